The summed E-state index contributed by atoms with van der Waals surface area (Å²) < 4.78 is 0. The molecule has 0 spiro atoms. The highest BCUT2D eigenvalue weighted by Crippen LogP contribution is 2.18. The number of carbonyl (C=O) groups is 2. The third-order valence-corrected chi connectivity index (χ3v) is 3.09. The summed E-state index contributed by atoms with van der Waals surface area (Å²) in [4.78, 5) is 23.7. The Morgan fingerprint density at radius 2 is 2.17 bits per heavy atom. The van der Waals surface area contributed by atoms with E-state index in [0.717, 1.165) is 6.42 Å². The van der Waals surface area contributed by atoms with Gasteiger partial charge in [0.05, 0.1) is 0 Å². The van der Waals surface area contributed by atoms with Crippen LogP contribution in [0.1, 0.15) is 19.3 Å². The summed E-state index contributed by atoms with van der Waals surface area (Å²) in [5.74, 6) is -0.946. The van der Waals surface area contributed by atoms with Crippen LogP contribution in [0.3, 0.4) is 0 Å². The van der Waals surface area contributed by atoms with Gasteiger partial charge >= 0.3 is 12.0 Å². The molecule has 0 bridgehead atoms. The molecule has 7 nitrogen and oxygen atoms in total. The van der Waals surface area contributed by atoms with E-state index in [1.807, 2.05) is 0 Å². The molecule has 0 aromatic carbocycles. The van der Waals surface area contributed by atoms with Gasteiger partial charge in [-0.3, -0.25) is 0 Å². The highest BCUT2D eigenvalue weighted by Gasteiger charge is 2.25. The Bertz CT molecular complexity index is 297. The number of carboxylic acid groups (broad SMARTS) is 1. The van der Waals surface area contributed by atoms with Crippen molar-refractivity contribution in [1.82, 2.24) is 10.2 Å². The third-order valence-electron chi connectivity index (χ3n) is 3.09. The number of carbonyl (C=O) groups excluding carboxylic acids is 1. The van der Waals surface area contributed by atoms with E-state index in [1.165, 1.54) is 0 Å². The first-order valence-corrected chi connectivity index (χ1v) is 6.09. The van der Waals surface area contributed by atoms with Crippen LogP contribution in [0.5, 0.6) is 0 Å². The van der Waals surface area contributed by atoms with E-state index in [1.54, 1.807) is 4.90 Å². The van der Waals surface area contributed by atoms with Crippen molar-refractivity contribution in [3.05, 3.63) is 0 Å². The van der Waals surface area contributed by atoms with Crippen molar-refractivity contribution in [2.24, 2.45) is 5.92 Å². The number of likely N-dealkylation sites (tertiary alicyclic amines) is 1. The molecule has 0 radical (unpaired) electrons. The molecule has 0 aliphatic carbocycles. The molecule has 7 heteroatoms. The topological polar surface area (TPSA) is 110 Å². The van der Waals surface area contributed by atoms with Crippen molar-refractivity contribution in [2.75, 3.05) is 26.2 Å². The van der Waals surface area contributed by atoms with Crippen molar-refractivity contribution in [2.45, 2.75) is 25.4 Å². The van der Waals surface area contributed by atoms with Crippen LogP contribution in [-0.2, 0) is 4.79 Å². The first-order valence-electron chi connectivity index (χ1n) is 6.09. The van der Waals surface area contributed by atoms with Crippen LogP contribution in [-0.4, -0.2) is 64.6 Å². The minimum atomic E-state index is -1.44. The van der Waals surface area contributed by atoms with E-state index in [4.69, 9.17) is 15.3 Å². The lowest BCUT2D eigenvalue weighted by atomic mass is 10.1. The smallest absolute Gasteiger partial charge is 0.332 e. The quantitative estimate of drug-likeness (QED) is 0.501. The average Bonchev–Trinajstić information content (AvgIpc) is 2.77. The van der Waals surface area contributed by atoms with Gasteiger partial charge in [-0.1, -0.05) is 0 Å². The van der Waals surface area contributed by atoms with Crippen LogP contribution in [0.4, 0.5) is 4.79 Å². The number of aliphatic carboxylic acids is 1. The summed E-state index contributed by atoms with van der Waals surface area (Å²) in [7, 11) is 0. The fourth-order valence-electron chi connectivity index (χ4n) is 1.99. The number of nitrogens with zero attached hydrogens (tertiary/aromatic N) is 1. The van der Waals surface area contributed by atoms with Crippen molar-refractivity contribution in [3.63, 3.8) is 0 Å². The molecule has 0 aromatic rings. The fraction of sp³-hybridized carbons (Fsp3) is 0.818. The van der Waals surface area contributed by atoms with E-state index < -0.39 is 12.1 Å². The van der Waals surface area contributed by atoms with Gasteiger partial charge in [0.25, 0.3) is 0 Å². The van der Waals surface area contributed by atoms with Gasteiger partial charge in [-0.15, -0.1) is 0 Å². The molecule has 2 unspecified atom stereocenters. The standard InChI is InChI=1S/C11H20N2O5/c14-6-3-8-2-5-13(7-8)11(18)12-4-1-9(15)10(16)17/h8-9,14-15H,1-7H2,(H,12,18)(H,16,17). The second-order valence-electron chi connectivity index (χ2n) is 4.49. The molecule has 18 heavy (non-hydrogen) atoms. The van der Waals surface area contributed by atoms with E-state index >= 15 is 0 Å². The number of hydrogen-bond acceptors (Lipinski definition) is 4. The summed E-state index contributed by atoms with van der Waals surface area (Å²) in [6.45, 7) is 1.53. The zero-order valence-corrected chi connectivity index (χ0v) is 10.2. The second kappa shape index (κ2) is 7.17. The number of amides is 2. The third kappa shape index (κ3) is 4.50. The molecule has 104 valence electrons. The van der Waals surface area contributed by atoms with Gasteiger partial charge in [-0.05, 0) is 18.8 Å². The molecule has 0 saturated carbocycles. The van der Waals surface area contributed by atoms with Gasteiger partial charge in [0.2, 0.25) is 0 Å². The van der Waals surface area contributed by atoms with E-state index in [2.05, 4.69) is 5.32 Å². The number of hydrogen-bond donors (Lipinski definition) is 4. The molecule has 1 fully saturated rings. The summed E-state index contributed by atoms with van der Waals surface area (Å²) >= 11 is 0. The predicted octanol–water partition coefficient (Wildman–Crippen LogP) is -0.764. The van der Waals surface area contributed by atoms with Crippen LogP contribution in [0, 0.1) is 5.92 Å². The number of aliphatic hydroxyl groups is 2. The average molecular weight is 260 g/mol. The molecule has 4 N–H and O–H groups in total. The lowest BCUT2D eigenvalue weighted by Gasteiger charge is -2.17. The SMILES string of the molecule is O=C(O)C(O)CCNC(=O)N1CCC(CCO)C1. The molecule has 0 aromatic heterocycles. The molecule has 2 amide bonds. The number of aliphatic hydroxyl groups excluding tert-OH is 2. The largest absolute Gasteiger partial charge is 0.479 e. The first-order chi connectivity index (χ1) is 8.54. The van der Waals surface area contributed by atoms with Gasteiger partial charge in [0.15, 0.2) is 6.10 Å². The fourth-order valence-corrected chi connectivity index (χ4v) is 1.99. The van der Waals surface area contributed by atoms with Gasteiger partial charge in [0.1, 0.15) is 0 Å². The van der Waals surface area contributed by atoms with Crippen LogP contribution in [0.2, 0.25) is 0 Å². The first kappa shape index (κ1) is 14.7. The van der Waals surface area contributed by atoms with E-state index in [9.17, 15) is 9.59 Å². The summed E-state index contributed by atoms with van der Waals surface area (Å²) in [6, 6.07) is -0.243. The van der Waals surface area contributed by atoms with Gasteiger partial charge in [0, 0.05) is 32.7 Å². The Labute approximate surface area is 105 Å². The van der Waals surface area contributed by atoms with E-state index in [-0.39, 0.29) is 25.6 Å². The normalized spacial score (nSPS) is 20.8. The Kier molecular flexibility index (Phi) is 5.87. The van der Waals surface area contributed by atoms with E-state index in [0.29, 0.717) is 25.4 Å². The minimum Gasteiger partial charge on any atom is -0.479 e. The molecule has 1 saturated heterocycles. The number of urea groups is 1. The Balaban J connectivity index is 2.20. The predicted molar refractivity (Wildman–Crippen MR) is 63.0 cm³/mol. The minimum absolute atomic E-state index is 0.00498. The lowest BCUT2D eigenvalue weighted by molar-refractivity contribution is -0.146. The maximum absolute atomic E-state index is 11.7. The Morgan fingerprint density at radius 3 is 2.78 bits per heavy atom. The summed E-state index contributed by atoms with van der Waals surface area (Å²) in [5.41, 5.74) is 0. The highest BCUT2D eigenvalue weighted by atomic mass is 16.4. The number of rotatable bonds is 6. The summed E-state index contributed by atoms with van der Waals surface area (Å²) in [5, 5.41) is 28.9. The van der Waals surface area contributed by atoms with Gasteiger partial charge in [-0.25, -0.2) is 9.59 Å². The van der Waals surface area contributed by atoms with Crippen molar-refractivity contribution in [3.8, 4) is 0 Å². The van der Waals surface area contributed by atoms with Crippen molar-refractivity contribution in [1.29, 1.82) is 0 Å². The molecule has 1 aliphatic heterocycles. The Morgan fingerprint density at radius 1 is 1.44 bits per heavy atom. The monoisotopic (exact) mass is 260 g/mol. The number of carboxylic acids is 1. The molecule has 1 rings (SSSR count). The Hall–Kier alpha value is -1.34. The van der Waals surface area contributed by atoms with Crippen LogP contribution in [0.25, 0.3) is 0 Å². The zero-order chi connectivity index (χ0) is 13.5. The maximum atomic E-state index is 11.7. The van der Waals surface area contributed by atoms with Crippen LogP contribution in [0.15, 0.2) is 0 Å². The molecule has 1 heterocycles. The van der Waals surface area contributed by atoms with Crippen molar-refractivity contribution >= 4 is 12.0 Å². The second-order valence-corrected chi connectivity index (χ2v) is 4.49. The maximum Gasteiger partial charge on any atom is 0.332 e. The van der Waals surface area contributed by atoms with Gasteiger partial charge < -0.3 is 25.5 Å². The zero-order valence-electron chi connectivity index (χ0n) is 10.2. The summed E-state index contributed by atoms with van der Waals surface area (Å²) in [6.07, 6.45) is 0.133. The van der Waals surface area contributed by atoms with Crippen molar-refractivity contribution < 1.29 is 24.9 Å². The van der Waals surface area contributed by atoms with Crippen LogP contribution >= 0.6 is 0 Å². The molecular formula is C11H20N2O5. The molecule has 2 atom stereocenters. The highest BCUT2D eigenvalue weighted by molar-refractivity contribution is 5.75. The molecular weight excluding hydrogens is 240 g/mol. The lowest BCUT2D eigenvalue weighted by Crippen LogP contribution is -2.40. The van der Waals surface area contributed by atoms with Gasteiger partial charge in [-0.2, -0.15) is 0 Å². The number of nitrogens with one attached hydrogen (secondary N) is 1. The van der Waals surface area contributed by atoms with Crippen LogP contribution < -0.4 is 5.32 Å². The molecule has 1 aliphatic rings.